The Kier molecular flexibility index (Phi) is 3.40. The molecule has 1 aliphatic rings. The molecule has 1 saturated carbocycles. The lowest BCUT2D eigenvalue weighted by atomic mass is 9.78. The van der Waals surface area contributed by atoms with Gasteiger partial charge in [0.1, 0.15) is 5.82 Å². The zero-order valence-electron chi connectivity index (χ0n) is 11.7. The first-order chi connectivity index (χ1) is 9.24. The van der Waals surface area contributed by atoms with Crippen LogP contribution in [-0.2, 0) is 0 Å². The van der Waals surface area contributed by atoms with Crippen molar-refractivity contribution in [1.82, 2.24) is 14.6 Å². The molecule has 1 aliphatic carbocycles. The summed E-state index contributed by atoms with van der Waals surface area (Å²) in [5.41, 5.74) is 0.905. The summed E-state index contributed by atoms with van der Waals surface area (Å²) in [4.78, 5) is 4.61. The van der Waals surface area contributed by atoms with Crippen LogP contribution in [0.2, 0.25) is 0 Å². The van der Waals surface area contributed by atoms with Crippen molar-refractivity contribution in [3.8, 4) is 0 Å². The van der Waals surface area contributed by atoms with E-state index >= 15 is 0 Å². The minimum Gasteiger partial charge on any atom is -0.367 e. The van der Waals surface area contributed by atoms with Crippen LogP contribution in [-0.4, -0.2) is 20.6 Å². The molecule has 0 bridgehead atoms. The maximum Gasteiger partial charge on any atom is 0.157 e. The van der Waals surface area contributed by atoms with Crippen molar-refractivity contribution in [3.63, 3.8) is 0 Å². The van der Waals surface area contributed by atoms with Crippen LogP contribution in [0.25, 0.3) is 5.65 Å². The highest BCUT2D eigenvalue weighted by Crippen LogP contribution is 2.31. The molecule has 2 unspecified atom stereocenters. The van der Waals surface area contributed by atoms with Gasteiger partial charge in [0, 0.05) is 18.3 Å². The average molecular weight is 258 g/mol. The number of anilines is 1. The van der Waals surface area contributed by atoms with E-state index in [0.29, 0.717) is 6.04 Å². The second kappa shape index (κ2) is 5.19. The summed E-state index contributed by atoms with van der Waals surface area (Å²) in [6.45, 7) is 4.66. The van der Waals surface area contributed by atoms with Crippen molar-refractivity contribution in [2.45, 2.75) is 45.6 Å². The van der Waals surface area contributed by atoms with Crippen LogP contribution in [0.15, 0.2) is 24.5 Å². The number of aromatic nitrogens is 3. The third kappa shape index (κ3) is 2.57. The smallest absolute Gasteiger partial charge is 0.157 e. The van der Waals surface area contributed by atoms with Gasteiger partial charge in [0.25, 0.3) is 0 Å². The summed E-state index contributed by atoms with van der Waals surface area (Å²) in [7, 11) is 0. The van der Waals surface area contributed by atoms with Gasteiger partial charge in [-0.1, -0.05) is 26.7 Å². The molecule has 102 valence electrons. The number of nitrogens with zero attached hydrogens (tertiary/aromatic N) is 3. The molecule has 0 aliphatic heterocycles. The first-order valence-electron chi connectivity index (χ1n) is 7.31. The summed E-state index contributed by atoms with van der Waals surface area (Å²) in [6, 6.07) is 4.52. The van der Waals surface area contributed by atoms with Crippen LogP contribution in [0.1, 0.15) is 39.5 Å². The highest BCUT2D eigenvalue weighted by molar-refractivity contribution is 5.46. The van der Waals surface area contributed by atoms with Gasteiger partial charge < -0.3 is 5.32 Å². The van der Waals surface area contributed by atoms with E-state index in [1.54, 1.807) is 10.7 Å². The molecule has 0 spiro atoms. The van der Waals surface area contributed by atoms with E-state index in [2.05, 4.69) is 29.2 Å². The second-order valence-corrected chi connectivity index (χ2v) is 5.89. The third-order valence-corrected chi connectivity index (χ3v) is 4.27. The minimum atomic E-state index is 0.562. The molecule has 2 aromatic heterocycles. The Morgan fingerprint density at radius 2 is 2.11 bits per heavy atom. The lowest BCUT2D eigenvalue weighted by molar-refractivity contribution is 0.253. The molecule has 4 nitrogen and oxygen atoms in total. The SMILES string of the molecule is CC(C)C1CCCCC1Nc1ccn2nccc2n1. The molecular weight excluding hydrogens is 236 g/mol. The lowest BCUT2D eigenvalue weighted by Crippen LogP contribution is -2.35. The second-order valence-electron chi connectivity index (χ2n) is 5.89. The largest absolute Gasteiger partial charge is 0.367 e. The fraction of sp³-hybridized carbons (Fsp3) is 0.600. The maximum atomic E-state index is 4.61. The van der Waals surface area contributed by atoms with Crippen LogP contribution >= 0.6 is 0 Å². The highest BCUT2D eigenvalue weighted by Gasteiger charge is 2.27. The molecule has 19 heavy (non-hydrogen) atoms. The van der Waals surface area contributed by atoms with Crippen molar-refractivity contribution in [2.24, 2.45) is 11.8 Å². The average Bonchev–Trinajstić information content (AvgIpc) is 2.86. The van der Waals surface area contributed by atoms with Crippen molar-refractivity contribution in [3.05, 3.63) is 24.5 Å². The van der Waals surface area contributed by atoms with Gasteiger partial charge in [-0.05, 0) is 30.7 Å². The Labute approximate surface area is 114 Å². The summed E-state index contributed by atoms with van der Waals surface area (Å²) in [5.74, 6) is 2.47. The molecule has 4 heteroatoms. The van der Waals surface area contributed by atoms with Gasteiger partial charge in [-0.2, -0.15) is 5.10 Å². The minimum absolute atomic E-state index is 0.562. The molecule has 2 atom stereocenters. The quantitative estimate of drug-likeness (QED) is 0.918. The van der Waals surface area contributed by atoms with Gasteiger partial charge in [-0.3, -0.25) is 0 Å². The molecule has 2 heterocycles. The highest BCUT2D eigenvalue weighted by atomic mass is 15.2. The van der Waals surface area contributed by atoms with E-state index in [1.807, 2.05) is 18.3 Å². The summed E-state index contributed by atoms with van der Waals surface area (Å²) >= 11 is 0. The number of rotatable bonds is 3. The molecule has 1 fully saturated rings. The molecule has 0 aromatic carbocycles. The number of hydrogen-bond donors (Lipinski definition) is 1. The molecule has 3 rings (SSSR count). The summed E-state index contributed by atoms with van der Waals surface area (Å²) < 4.78 is 1.80. The lowest BCUT2D eigenvalue weighted by Gasteiger charge is -2.35. The molecular formula is C15H22N4. The monoisotopic (exact) mass is 258 g/mol. The first kappa shape index (κ1) is 12.5. The Hall–Kier alpha value is -1.58. The number of nitrogens with one attached hydrogen (secondary N) is 1. The normalized spacial score (nSPS) is 23.9. The van der Waals surface area contributed by atoms with Crippen molar-refractivity contribution < 1.29 is 0 Å². The van der Waals surface area contributed by atoms with Crippen molar-refractivity contribution in [1.29, 1.82) is 0 Å². The predicted molar refractivity (Wildman–Crippen MR) is 77.2 cm³/mol. The standard InChI is InChI=1S/C15H22N4/c1-11(2)12-5-3-4-6-13(12)17-14-8-10-19-15(18-14)7-9-16-19/h7-13H,3-6H2,1-2H3,(H,17,18). The van der Waals surface area contributed by atoms with Crippen LogP contribution < -0.4 is 5.32 Å². The van der Waals surface area contributed by atoms with E-state index in [1.165, 1.54) is 25.7 Å². The zero-order valence-corrected chi connectivity index (χ0v) is 11.7. The fourth-order valence-electron chi connectivity index (χ4n) is 3.22. The topological polar surface area (TPSA) is 42.2 Å². The Bertz CT molecular complexity index is 546. The van der Waals surface area contributed by atoms with E-state index in [4.69, 9.17) is 0 Å². The summed E-state index contributed by atoms with van der Waals surface area (Å²) in [5, 5.41) is 7.82. The molecule has 0 radical (unpaired) electrons. The van der Waals surface area contributed by atoms with E-state index in [-0.39, 0.29) is 0 Å². The number of fused-ring (bicyclic) bond motifs is 1. The van der Waals surface area contributed by atoms with E-state index in [0.717, 1.165) is 23.3 Å². The third-order valence-electron chi connectivity index (χ3n) is 4.27. The Balaban J connectivity index is 1.78. The zero-order chi connectivity index (χ0) is 13.2. The maximum absolute atomic E-state index is 4.61. The van der Waals surface area contributed by atoms with Gasteiger partial charge in [0.05, 0.1) is 6.20 Å². The number of hydrogen-bond acceptors (Lipinski definition) is 3. The van der Waals surface area contributed by atoms with Gasteiger partial charge >= 0.3 is 0 Å². The molecule has 2 aromatic rings. The van der Waals surface area contributed by atoms with Crippen LogP contribution in [0.5, 0.6) is 0 Å². The van der Waals surface area contributed by atoms with Gasteiger partial charge in [-0.25, -0.2) is 9.50 Å². The Morgan fingerprint density at radius 3 is 2.95 bits per heavy atom. The van der Waals surface area contributed by atoms with Crippen molar-refractivity contribution >= 4 is 11.5 Å². The summed E-state index contributed by atoms with van der Waals surface area (Å²) in [6.07, 6.45) is 9.05. The van der Waals surface area contributed by atoms with E-state index in [9.17, 15) is 0 Å². The molecule has 0 saturated heterocycles. The molecule has 0 amide bonds. The van der Waals surface area contributed by atoms with Crippen molar-refractivity contribution in [2.75, 3.05) is 5.32 Å². The van der Waals surface area contributed by atoms with Gasteiger partial charge in [0.2, 0.25) is 0 Å². The molecule has 1 N–H and O–H groups in total. The Morgan fingerprint density at radius 1 is 1.26 bits per heavy atom. The first-order valence-corrected chi connectivity index (χ1v) is 7.31. The van der Waals surface area contributed by atoms with Crippen LogP contribution in [0, 0.1) is 11.8 Å². The van der Waals surface area contributed by atoms with Crippen LogP contribution in [0.3, 0.4) is 0 Å². The van der Waals surface area contributed by atoms with E-state index < -0.39 is 0 Å². The van der Waals surface area contributed by atoms with Crippen LogP contribution in [0.4, 0.5) is 5.82 Å². The van der Waals surface area contributed by atoms with Gasteiger partial charge in [-0.15, -0.1) is 0 Å². The fourth-order valence-corrected chi connectivity index (χ4v) is 3.22. The van der Waals surface area contributed by atoms with Gasteiger partial charge in [0.15, 0.2) is 5.65 Å². The predicted octanol–water partition coefficient (Wildman–Crippen LogP) is 3.36.